The zero-order chi connectivity index (χ0) is 26.8. The smallest absolute Gasteiger partial charge is 0.421 e. The van der Waals surface area contributed by atoms with Crippen molar-refractivity contribution in [2.75, 3.05) is 6.61 Å². The molecule has 1 aromatic rings. The molecule has 0 amide bonds. The van der Waals surface area contributed by atoms with E-state index in [2.05, 4.69) is 20.8 Å². The first kappa shape index (κ1) is 29.2. The molecule has 0 saturated heterocycles. The van der Waals surface area contributed by atoms with Gasteiger partial charge in [0, 0.05) is 6.42 Å². The van der Waals surface area contributed by atoms with Gasteiger partial charge in [0.25, 0.3) is 0 Å². The molecule has 0 bridgehead atoms. The number of hydrogen-bond donors (Lipinski definition) is 1. The van der Waals surface area contributed by atoms with E-state index in [1.54, 1.807) is 0 Å². The standard InChI is InChI=1S/C17H14F8O8S/c1-9-3-5-11(6-4-9)32-13(27)15(16(21,22)23,33-12(26)10(2)18)31-8-7-14(19,20)17(24,25)34(28,29)30/h3-6H,2,7-8H2,1H3,(H,28,29,30). The highest BCUT2D eigenvalue weighted by molar-refractivity contribution is 7.87. The van der Waals surface area contributed by atoms with Crippen LogP contribution in [0.4, 0.5) is 35.1 Å². The predicted octanol–water partition coefficient (Wildman–Crippen LogP) is 3.71. The summed E-state index contributed by atoms with van der Waals surface area (Å²) in [6.45, 7) is 1.61. The fourth-order valence-electron chi connectivity index (χ4n) is 2.01. The summed E-state index contributed by atoms with van der Waals surface area (Å²) in [5.74, 6) is -18.8. The normalized spacial score (nSPS) is 14.8. The van der Waals surface area contributed by atoms with Crippen molar-refractivity contribution < 1.29 is 71.9 Å². The number of ether oxygens (including phenoxy) is 3. The summed E-state index contributed by atoms with van der Waals surface area (Å²) in [5, 5.41) is -6.18. The molecule has 8 nitrogen and oxygen atoms in total. The van der Waals surface area contributed by atoms with Crippen molar-refractivity contribution in [3.8, 4) is 5.75 Å². The first-order chi connectivity index (χ1) is 15.2. The lowest BCUT2D eigenvalue weighted by Gasteiger charge is -2.32. The number of benzene rings is 1. The molecule has 0 aliphatic carbocycles. The van der Waals surface area contributed by atoms with E-state index in [0.717, 1.165) is 12.1 Å². The van der Waals surface area contributed by atoms with Gasteiger partial charge < -0.3 is 14.2 Å². The summed E-state index contributed by atoms with van der Waals surface area (Å²) in [6, 6.07) is 4.38. The van der Waals surface area contributed by atoms with E-state index < -0.39 is 69.8 Å². The van der Waals surface area contributed by atoms with Gasteiger partial charge in [-0.3, -0.25) is 4.55 Å². The van der Waals surface area contributed by atoms with Crippen LogP contribution in [-0.4, -0.2) is 54.7 Å². The van der Waals surface area contributed by atoms with Crippen LogP contribution in [0.15, 0.2) is 36.7 Å². The van der Waals surface area contributed by atoms with Crippen molar-refractivity contribution in [2.45, 2.75) is 36.5 Å². The Morgan fingerprint density at radius 1 is 1.03 bits per heavy atom. The number of aryl methyl sites for hydroxylation is 1. The summed E-state index contributed by atoms with van der Waals surface area (Å²) in [5.41, 5.74) is 0.542. The second-order valence-corrected chi connectivity index (χ2v) is 7.87. The van der Waals surface area contributed by atoms with Crippen LogP contribution in [-0.2, 0) is 29.2 Å². The van der Waals surface area contributed by atoms with E-state index in [4.69, 9.17) is 4.55 Å². The SMILES string of the molecule is C=C(F)C(=O)OC(OCCC(F)(F)C(F)(F)S(=O)(=O)O)(C(=O)Oc1ccc(C)cc1)C(F)(F)F. The van der Waals surface area contributed by atoms with Gasteiger partial charge in [0.05, 0.1) is 6.61 Å². The highest BCUT2D eigenvalue weighted by Gasteiger charge is 2.69. The molecule has 0 aliphatic rings. The number of esters is 2. The van der Waals surface area contributed by atoms with Gasteiger partial charge in [-0.15, -0.1) is 0 Å². The molecule has 1 unspecified atom stereocenters. The Morgan fingerprint density at radius 2 is 1.53 bits per heavy atom. The summed E-state index contributed by atoms with van der Waals surface area (Å²) < 4.78 is 149. The van der Waals surface area contributed by atoms with E-state index in [0.29, 0.717) is 5.56 Å². The lowest BCUT2D eigenvalue weighted by Crippen LogP contribution is -2.59. The Labute approximate surface area is 185 Å². The number of carbonyl (C=O) groups excluding carboxylic acids is 2. The van der Waals surface area contributed by atoms with Gasteiger partial charge in [-0.05, 0) is 19.1 Å². The molecule has 34 heavy (non-hydrogen) atoms. The third kappa shape index (κ3) is 6.20. The van der Waals surface area contributed by atoms with Crippen LogP contribution in [0.3, 0.4) is 0 Å². The maximum atomic E-state index is 13.7. The van der Waals surface area contributed by atoms with Crippen molar-refractivity contribution in [1.29, 1.82) is 0 Å². The molecule has 1 rings (SSSR count). The first-order valence-electron chi connectivity index (χ1n) is 8.48. The molecule has 0 spiro atoms. The molecule has 17 heteroatoms. The van der Waals surface area contributed by atoms with Gasteiger partial charge in [-0.1, -0.05) is 24.3 Å². The van der Waals surface area contributed by atoms with E-state index in [-0.39, 0.29) is 0 Å². The van der Waals surface area contributed by atoms with Crippen LogP contribution in [0.1, 0.15) is 12.0 Å². The summed E-state index contributed by atoms with van der Waals surface area (Å²) >= 11 is 0. The minimum Gasteiger partial charge on any atom is -0.421 e. The molecule has 0 aliphatic heterocycles. The van der Waals surface area contributed by atoms with Crippen molar-refractivity contribution in [3.63, 3.8) is 0 Å². The topological polar surface area (TPSA) is 116 Å². The van der Waals surface area contributed by atoms with Gasteiger partial charge in [-0.2, -0.15) is 43.5 Å². The van der Waals surface area contributed by atoms with E-state index in [1.807, 2.05) is 0 Å². The van der Waals surface area contributed by atoms with E-state index in [9.17, 15) is 53.1 Å². The molecule has 1 N–H and O–H groups in total. The molecule has 0 heterocycles. The molecule has 0 fully saturated rings. The molecule has 1 atom stereocenters. The lowest BCUT2D eigenvalue weighted by atomic mass is 10.2. The number of halogens is 8. The number of alkyl halides is 7. The average molecular weight is 530 g/mol. The monoisotopic (exact) mass is 530 g/mol. The molecule has 0 radical (unpaired) electrons. The number of rotatable bonds is 10. The zero-order valence-electron chi connectivity index (χ0n) is 16.7. The Balaban J connectivity index is 3.37. The minimum atomic E-state index is -6.74. The average Bonchev–Trinajstić information content (AvgIpc) is 2.66. The number of hydrogen-bond acceptors (Lipinski definition) is 7. The molecule has 1 aromatic carbocycles. The van der Waals surface area contributed by atoms with Crippen molar-refractivity contribution in [1.82, 2.24) is 0 Å². The van der Waals surface area contributed by atoms with Gasteiger partial charge >= 0.3 is 45.2 Å². The van der Waals surface area contributed by atoms with Crippen LogP contribution in [0.5, 0.6) is 5.75 Å². The maximum absolute atomic E-state index is 13.7. The van der Waals surface area contributed by atoms with Crippen LogP contribution in [0, 0.1) is 6.92 Å². The van der Waals surface area contributed by atoms with Gasteiger partial charge in [0.1, 0.15) is 5.75 Å². The van der Waals surface area contributed by atoms with Crippen molar-refractivity contribution in [2.24, 2.45) is 0 Å². The first-order valence-corrected chi connectivity index (χ1v) is 9.92. The van der Waals surface area contributed by atoms with E-state index in [1.165, 1.54) is 19.1 Å². The Hall–Kier alpha value is -2.79. The largest absolute Gasteiger partial charge is 0.468 e. The third-order valence-corrected chi connectivity index (χ3v) is 4.75. The van der Waals surface area contributed by atoms with Crippen molar-refractivity contribution in [3.05, 3.63) is 42.2 Å². The minimum absolute atomic E-state index is 0.542. The summed E-state index contributed by atoms with van der Waals surface area (Å²) in [4.78, 5) is 23.7. The molecule has 0 saturated carbocycles. The Bertz CT molecular complexity index is 1040. The maximum Gasteiger partial charge on any atom is 0.468 e. The van der Waals surface area contributed by atoms with E-state index >= 15 is 0 Å². The second-order valence-electron chi connectivity index (χ2n) is 6.41. The second kappa shape index (κ2) is 9.83. The van der Waals surface area contributed by atoms with Crippen LogP contribution in [0.2, 0.25) is 0 Å². The van der Waals surface area contributed by atoms with Gasteiger partial charge in [0.2, 0.25) is 5.83 Å². The predicted molar refractivity (Wildman–Crippen MR) is 94.0 cm³/mol. The van der Waals surface area contributed by atoms with Gasteiger partial charge in [0.15, 0.2) is 0 Å². The summed E-state index contributed by atoms with van der Waals surface area (Å²) in [7, 11) is -6.74. The Kier molecular flexibility index (Phi) is 8.45. The van der Waals surface area contributed by atoms with Crippen molar-refractivity contribution >= 4 is 22.1 Å². The highest BCUT2D eigenvalue weighted by Crippen LogP contribution is 2.42. The molecule has 0 aromatic heterocycles. The van der Waals surface area contributed by atoms with Gasteiger partial charge in [-0.25, -0.2) is 9.59 Å². The number of carbonyl (C=O) groups is 2. The third-order valence-electron chi connectivity index (χ3n) is 3.80. The van der Waals surface area contributed by atoms with Crippen LogP contribution >= 0.6 is 0 Å². The zero-order valence-corrected chi connectivity index (χ0v) is 17.5. The molecule has 192 valence electrons. The fourth-order valence-corrected chi connectivity index (χ4v) is 2.49. The van der Waals surface area contributed by atoms with Crippen LogP contribution in [0.25, 0.3) is 0 Å². The highest BCUT2D eigenvalue weighted by atomic mass is 32.2. The molecular formula is C17H14F8O8S. The lowest BCUT2D eigenvalue weighted by molar-refractivity contribution is -0.354. The summed E-state index contributed by atoms with van der Waals surface area (Å²) in [6.07, 6.45) is -8.75. The molecular weight excluding hydrogens is 516 g/mol. The fraction of sp³-hybridized carbons (Fsp3) is 0.412. The van der Waals surface area contributed by atoms with Crippen LogP contribution < -0.4 is 4.74 Å². The quantitative estimate of drug-likeness (QED) is 0.122. The Morgan fingerprint density at radius 3 is 1.94 bits per heavy atom.